The molecule has 2 saturated heterocycles. The Kier molecular flexibility index (Phi) is 7.45. The molecular formula is C24H26FN5O5S. The van der Waals surface area contributed by atoms with Crippen molar-refractivity contribution in [3.05, 3.63) is 58.1 Å². The number of aromatic nitrogens is 1. The minimum Gasteiger partial charge on any atom is -0.478 e. The molecule has 1 amide bonds. The number of likely N-dealkylation sites (tertiary alicyclic amines) is 1. The Balaban J connectivity index is 1.45. The number of nitrogens with two attached hydrogens (primary N) is 1. The number of aromatic carboxylic acids is 1. The van der Waals surface area contributed by atoms with Gasteiger partial charge in [-0.05, 0) is 18.2 Å². The van der Waals surface area contributed by atoms with Crippen molar-refractivity contribution in [2.24, 2.45) is 16.6 Å². The zero-order valence-electron chi connectivity index (χ0n) is 19.6. The number of nitrogens with zero attached hydrogens (tertiary/aromatic N) is 4. The summed E-state index contributed by atoms with van der Waals surface area (Å²) in [7, 11) is 1.28. The van der Waals surface area contributed by atoms with Crippen LogP contribution in [0.3, 0.4) is 0 Å². The molecule has 2 unspecified atom stereocenters. The number of benzene rings is 1. The van der Waals surface area contributed by atoms with Crippen LogP contribution in [0.4, 0.5) is 10.1 Å². The minimum absolute atomic E-state index is 0.00215. The first-order chi connectivity index (χ1) is 17.2. The highest BCUT2D eigenvalue weighted by atomic mass is 32.1. The summed E-state index contributed by atoms with van der Waals surface area (Å²) in [5, 5.41) is 11.6. The number of amidine groups is 1. The van der Waals surface area contributed by atoms with Gasteiger partial charge in [-0.2, -0.15) is 0 Å². The van der Waals surface area contributed by atoms with Crippen LogP contribution in [-0.2, 0) is 14.3 Å². The molecule has 2 fully saturated rings. The number of alkyl halides is 1. The maximum atomic E-state index is 15.8. The molecule has 0 bridgehead atoms. The van der Waals surface area contributed by atoms with Crippen molar-refractivity contribution in [3.8, 4) is 0 Å². The average Bonchev–Trinajstić information content (AvgIpc) is 3.51. The molecule has 2 aliphatic heterocycles. The largest absolute Gasteiger partial charge is 0.478 e. The number of aliphatic imine (C=N–C) groups is 1. The molecule has 0 saturated carbocycles. The number of methoxy groups -OCH3 is 1. The van der Waals surface area contributed by atoms with Crippen LogP contribution in [0.5, 0.6) is 0 Å². The highest BCUT2D eigenvalue weighted by Gasteiger charge is 2.57. The maximum Gasteiger partial charge on any atom is 0.335 e. The smallest absolute Gasteiger partial charge is 0.335 e. The van der Waals surface area contributed by atoms with E-state index in [2.05, 4.69) is 9.98 Å². The first kappa shape index (κ1) is 25.5. The van der Waals surface area contributed by atoms with Crippen LogP contribution in [0.2, 0.25) is 0 Å². The topological polar surface area (TPSA) is 138 Å². The molecule has 2 atom stereocenters. The Bertz CT molecular complexity index is 1220. The van der Waals surface area contributed by atoms with E-state index >= 15 is 4.39 Å². The van der Waals surface area contributed by atoms with E-state index in [9.17, 15) is 19.5 Å². The molecule has 10 nitrogen and oxygen atoms in total. The quantitative estimate of drug-likeness (QED) is 0.235. The van der Waals surface area contributed by atoms with Gasteiger partial charge in [-0.15, -0.1) is 11.3 Å². The fraction of sp³-hybridized carbons (Fsp3) is 0.375. The first-order valence-electron chi connectivity index (χ1n) is 11.3. The van der Waals surface area contributed by atoms with Crippen LogP contribution >= 0.6 is 11.3 Å². The van der Waals surface area contributed by atoms with Crippen LogP contribution in [-0.4, -0.2) is 84.2 Å². The summed E-state index contributed by atoms with van der Waals surface area (Å²) >= 11 is 1.34. The summed E-state index contributed by atoms with van der Waals surface area (Å²) in [6, 6.07) is 5.94. The molecule has 1 aromatic carbocycles. The number of carbonyl (C=O) groups is 3. The lowest BCUT2D eigenvalue weighted by Gasteiger charge is -2.36. The SMILES string of the molecule is COC(=O)/C(=C\CN1CCC2(F)C(=O)N(c3cccc(C(=O)O)c3)CC2C1)C/N=C(\N)c1nccs1. The van der Waals surface area contributed by atoms with Gasteiger partial charge in [0, 0.05) is 55.8 Å². The van der Waals surface area contributed by atoms with Crippen molar-refractivity contribution in [2.75, 3.05) is 44.7 Å². The van der Waals surface area contributed by atoms with Crippen molar-refractivity contribution in [3.63, 3.8) is 0 Å². The van der Waals surface area contributed by atoms with Gasteiger partial charge in [0.05, 0.1) is 24.8 Å². The number of rotatable bonds is 8. The minimum atomic E-state index is -2.02. The highest BCUT2D eigenvalue weighted by molar-refractivity contribution is 7.11. The van der Waals surface area contributed by atoms with Crippen LogP contribution < -0.4 is 10.6 Å². The molecule has 12 heteroatoms. The Labute approximate surface area is 210 Å². The molecule has 1 aromatic heterocycles. The number of hydrogen-bond donors (Lipinski definition) is 2. The monoisotopic (exact) mass is 515 g/mol. The van der Waals surface area contributed by atoms with E-state index in [1.807, 2.05) is 4.90 Å². The fourth-order valence-corrected chi connectivity index (χ4v) is 5.01. The molecule has 0 radical (unpaired) electrons. The number of esters is 1. The Morgan fingerprint density at radius 2 is 2.22 bits per heavy atom. The van der Waals surface area contributed by atoms with Crippen molar-refractivity contribution < 1.29 is 28.6 Å². The number of hydrogen-bond acceptors (Lipinski definition) is 8. The predicted molar refractivity (Wildman–Crippen MR) is 132 cm³/mol. The van der Waals surface area contributed by atoms with Gasteiger partial charge in [0.2, 0.25) is 0 Å². The predicted octanol–water partition coefficient (Wildman–Crippen LogP) is 1.72. The summed E-state index contributed by atoms with van der Waals surface area (Å²) in [6.07, 6.45) is 3.29. The molecule has 2 aromatic rings. The van der Waals surface area contributed by atoms with Crippen molar-refractivity contribution in [1.82, 2.24) is 9.88 Å². The summed E-state index contributed by atoms with van der Waals surface area (Å²) in [6.45, 7) is 1.10. The van der Waals surface area contributed by atoms with Crippen LogP contribution in [0.15, 0.2) is 52.5 Å². The fourth-order valence-electron chi connectivity index (χ4n) is 4.45. The average molecular weight is 516 g/mol. The number of carboxylic acids is 1. The van der Waals surface area contributed by atoms with Gasteiger partial charge in [-0.25, -0.2) is 19.0 Å². The number of carboxylic acid groups (broad SMARTS) is 1. The Hall–Kier alpha value is -3.64. The third-order valence-electron chi connectivity index (χ3n) is 6.44. The summed E-state index contributed by atoms with van der Waals surface area (Å²) in [5.41, 5.74) is 4.62. The van der Waals surface area contributed by atoms with Gasteiger partial charge >= 0.3 is 11.9 Å². The lowest BCUT2D eigenvalue weighted by atomic mass is 9.85. The molecule has 2 aliphatic rings. The lowest BCUT2D eigenvalue weighted by molar-refractivity contribution is -0.136. The molecule has 4 rings (SSSR count). The number of thiazole rings is 1. The van der Waals surface area contributed by atoms with Crippen molar-refractivity contribution in [2.45, 2.75) is 12.1 Å². The number of anilines is 1. The molecule has 190 valence electrons. The number of fused-ring (bicyclic) bond motifs is 1. The zero-order chi connectivity index (χ0) is 25.9. The zero-order valence-corrected chi connectivity index (χ0v) is 20.4. The van der Waals surface area contributed by atoms with Gasteiger partial charge in [0.25, 0.3) is 5.91 Å². The summed E-state index contributed by atoms with van der Waals surface area (Å²) < 4.78 is 20.6. The van der Waals surface area contributed by atoms with Crippen LogP contribution in [0, 0.1) is 5.92 Å². The second-order valence-electron chi connectivity index (χ2n) is 8.60. The molecular weight excluding hydrogens is 489 g/mol. The van der Waals surface area contributed by atoms with Gasteiger partial charge in [-0.1, -0.05) is 12.1 Å². The summed E-state index contributed by atoms with van der Waals surface area (Å²) in [4.78, 5) is 48.1. The molecule has 36 heavy (non-hydrogen) atoms. The third-order valence-corrected chi connectivity index (χ3v) is 7.24. The van der Waals surface area contributed by atoms with E-state index in [0.29, 0.717) is 35.9 Å². The van der Waals surface area contributed by atoms with Gasteiger partial charge < -0.3 is 20.5 Å². The molecule has 0 aliphatic carbocycles. The van der Waals surface area contributed by atoms with E-state index < -0.39 is 29.4 Å². The lowest BCUT2D eigenvalue weighted by Crippen LogP contribution is -2.50. The van der Waals surface area contributed by atoms with E-state index in [1.165, 1.54) is 41.5 Å². The van der Waals surface area contributed by atoms with Crippen molar-refractivity contribution in [1.29, 1.82) is 0 Å². The standard InChI is InChI=1S/C24H26FN5O5S/c1-35-22(33)16(12-28-19(26)20-27-7-10-36-20)5-8-29-9-6-24(25)17(13-29)14-30(23(24)34)18-4-2-3-15(11-18)21(31)32/h2-5,7,10-11,17H,6,8-9,12-14H2,1H3,(H2,26,28)(H,31,32)/b16-5-. The van der Waals surface area contributed by atoms with E-state index in [-0.39, 0.29) is 30.9 Å². The number of piperidine rings is 1. The van der Waals surface area contributed by atoms with Gasteiger partial charge in [0.1, 0.15) is 0 Å². The molecule has 0 spiro atoms. The maximum absolute atomic E-state index is 15.8. The number of amides is 1. The van der Waals surface area contributed by atoms with E-state index in [1.54, 1.807) is 23.7 Å². The van der Waals surface area contributed by atoms with E-state index in [4.69, 9.17) is 10.5 Å². The number of ether oxygens (including phenoxy) is 1. The number of carbonyl (C=O) groups excluding carboxylic acids is 2. The third kappa shape index (κ3) is 5.14. The number of halogens is 1. The Morgan fingerprint density at radius 3 is 2.92 bits per heavy atom. The van der Waals surface area contributed by atoms with Crippen LogP contribution in [0.1, 0.15) is 21.8 Å². The Morgan fingerprint density at radius 1 is 1.42 bits per heavy atom. The van der Waals surface area contributed by atoms with Gasteiger partial charge in [0.15, 0.2) is 16.5 Å². The molecule has 3 heterocycles. The second-order valence-corrected chi connectivity index (χ2v) is 9.49. The van der Waals surface area contributed by atoms with Gasteiger partial charge in [-0.3, -0.25) is 14.7 Å². The molecule has 3 N–H and O–H groups in total. The van der Waals surface area contributed by atoms with Crippen LogP contribution in [0.25, 0.3) is 0 Å². The van der Waals surface area contributed by atoms with Crippen molar-refractivity contribution >= 4 is 40.7 Å². The van der Waals surface area contributed by atoms with E-state index in [0.717, 1.165) is 0 Å². The second kappa shape index (κ2) is 10.5. The first-order valence-corrected chi connectivity index (χ1v) is 12.1. The highest BCUT2D eigenvalue weighted by Crippen LogP contribution is 2.41. The summed E-state index contributed by atoms with van der Waals surface area (Å²) in [5.74, 6) is -2.68. The normalized spacial score (nSPS) is 23.0.